The molecule has 6 heteroatoms. The number of carbonyl (C=O) groups excluding carboxylic acids is 2. The molecule has 2 aliphatic rings. The van der Waals surface area contributed by atoms with Gasteiger partial charge in [0.05, 0.1) is 19.6 Å². The van der Waals surface area contributed by atoms with Gasteiger partial charge in [-0.05, 0) is 42.2 Å². The van der Waals surface area contributed by atoms with Gasteiger partial charge in [0, 0.05) is 24.5 Å². The number of hydrogen-bond donors (Lipinski definition) is 2. The van der Waals surface area contributed by atoms with Gasteiger partial charge in [0.25, 0.3) is 0 Å². The lowest BCUT2D eigenvalue weighted by Gasteiger charge is -2.29. The van der Waals surface area contributed by atoms with Gasteiger partial charge in [-0.2, -0.15) is 0 Å². The largest absolute Gasteiger partial charge is 0.378 e. The van der Waals surface area contributed by atoms with Gasteiger partial charge in [0.2, 0.25) is 11.8 Å². The number of amides is 2. The first-order chi connectivity index (χ1) is 13.7. The Morgan fingerprint density at radius 2 is 1.96 bits per heavy atom. The van der Waals surface area contributed by atoms with Crippen molar-refractivity contribution in [1.29, 1.82) is 0 Å². The van der Waals surface area contributed by atoms with Crippen LogP contribution >= 0.6 is 0 Å². The Morgan fingerprint density at radius 1 is 1.14 bits per heavy atom. The Bertz CT molecular complexity index is 844. The molecule has 0 bridgehead atoms. The minimum atomic E-state index is -0.325. The van der Waals surface area contributed by atoms with Crippen LogP contribution in [0, 0.1) is 0 Å². The van der Waals surface area contributed by atoms with Crippen LogP contribution in [0.4, 0.5) is 11.4 Å². The van der Waals surface area contributed by atoms with E-state index in [2.05, 4.69) is 16.7 Å². The van der Waals surface area contributed by atoms with Crippen LogP contribution in [0.3, 0.4) is 0 Å². The average molecular weight is 379 g/mol. The molecule has 2 aromatic carbocycles. The summed E-state index contributed by atoms with van der Waals surface area (Å²) in [5.74, 6) is 0.000870. The number of para-hydroxylation sites is 1. The lowest BCUT2D eigenvalue weighted by molar-refractivity contribution is -0.121. The van der Waals surface area contributed by atoms with Gasteiger partial charge in [-0.25, -0.2) is 0 Å². The molecular weight excluding hydrogens is 354 g/mol. The fraction of sp³-hybridized carbons (Fsp3) is 0.364. The van der Waals surface area contributed by atoms with Crippen molar-refractivity contribution in [3.63, 3.8) is 0 Å². The second-order valence-electron chi connectivity index (χ2n) is 7.22. The van der Waals surface area contributed by atoms with Gasteiger partial charge in [-0.3, -0.25) is 9.59 Å². The standard InChI is InChI=1S/C22H25N3O3/c26-21(25-12-3-5-17-4-1-2-6-20(17)25)14-16-7-9-18(10-8-16)24-22(27)19-15-28-13-11-23-19/h1-2,4,6-10,19,23H,3,5,11-15H2,(H,24,27). The SMILES string of the molecule is O=C(Nc1ccc(CC(=O)N2CCCc3ccccc32)cc1)C1COCCN1. The average Bonchev–Trinajstić information content (AvgIpc) is 2.75. The number of nitrogens with zero attached hydrogens (tertiary/aromatic N) is 1. The summed E-state index contributed by atoms with van der Waals surface area (Å²) in [4.78, 5) is 27.0. The number of anilines is 2. The van der Waals surface area contributed by atoms with E-state index in [0.29, 0.717) is 26.2 Å². The summed E-state index contributed by atoms with van der Waals surface area (Å²) in [6.45, 7) is 2.46. The Balaban J connectivity index is 1.37. The highest BCUT2D eigenvalue weighted by Crippen LogP contribution is 2.27. The predicted octanol–water partition coefficient (Wildman–Crippen LogP) is 2.14. The highest BCUT2D eigenvalue weighted by Gasteiger charge is 2.23. The number of morpholine rings is 1. The van der Waals surface area contributed by atoms with Gasteiger partial charge in [-0.1, -0.05) is 30.3 Å². The monoisotopic (exact) mass is 379 g/mol. The van der Waals surface area contributed by atoms with E-state index in [4.69, 9.17) is 4.74 Å². The Labute approximate surface area is 164 Å². The first-order valence-corrected chi connectivity index (χ1v) is 9.80. The molecule has 0 radical (unpaired) electrons. The van der Waals surface area contributed by atoms with Crippen molar-refractivity contribution in [1.82, 2.24) is 5.32 Å². The van der Waals surface area contributed by atoms with E-state index in [1.165, 1.54) is 5.56 Å². The van der Waals surface area contributed by atoms with Crippen molar-refractivity contribution in [2.75, 3.05) is 36.5 Å². The lowest BCUT2D eigenvalue weighted by Crippen LogP contribution is -2.48. The molecule has 28 heavy (non-hydrogen) atoms. The van der Waals surface area contributed by atoms with Crippen molar-refractivity contribution in [3.05, 3.63) is 59.7 Å². The quantitative estimate of drug-likeness (QED) is 0.854. The smallest absolute Gasteiger partial charge is 0.243 e. The minimum absolute atomic E-state index is 0.103. The molecule has 2 amide bonds. The maximum absolute atomic E-state index is 12.8. The first kappa shape index (κ1) is 18.7. The molecule has 1 unspecified atom stereocenters. The molecule has 2 heterocycles. The number of hydrogen-bond acceptors (Lipinski definition) is 4. The zero-order chi connectivity index (χ0) is 19.3. The van der Waals surface area contributed by atoms with Crippen LogP contribution in [-0.4, -0.2) is 44.2 Å². The predicted molar refractivity (Wildman–Crippen MR) is 109 cm³/mol. The Hall–Kier alpha value is -2.70. The van der Waals surface area contributed by atoms with E-state index in [-0.39, 0.29) is 17.9 Å². The summed E-state index contributed by atoms with van der Waals surface area (Å²) in [5, 5.41) is 6.03. The zero-order valence-corrected chi connectivity index (χ0v) is 15.8. The van der Waals surface area contributed by atoms with Crippen molar-refractivity contribution in [2.24, 2.45) is 0 Å². The zero-order valence-electron chi connectivity index (χ0n) is 15.8. The van der Waals surface area contributed by atoms with E-state index < -0.39 is 0 Å². The summed E-state index contributed by atoms with van der Waals surface area (Å²) in [7, 11) is 0. The van der Waals surface area contributed by atoms with Crippen LogP contribution < -0.4 is 15.5 Å². The normalized spacial score (nSPS) is 19.0. The van der Waals surface area contributed by atoms with Gasteiger partial charge in [0.1, 0.15) is 6.04 Å². The van der Waals surface area contributed by atoms with E-state index in [0.717, 1.165) is 36.3 Å². The summed E-state index contributed by atoms with van der Waals surface area (Å²) in [6, 6.07) is 15.3. The fourth-order valence-corrected chi connectivity index (χ4v) is 3.73. The number of benzene rings is 2. The van der Waals surface area contributed by atoms with E-state index in [9.17, 15) is 9.59 Å². The summed E-state index contributed by atoms with van der Waals surface area (Å²) < 4.78 is 5.32. The number of ether oxygens (including phenoxy) is 1. The lowest BCUT2D eigenvalue weighted by atomic mass is 10.0. The summed E-state index contributed by atoms with van der Waals surface area (Å²) in [6.07, 6.45) is 2.36. The molecular formula is C22H25N3O3. The number of fused-ring (bicyclic) bond motifs is 1. The molecule has 0 aromatic heterocycles. The third-order valence-corrected chi connectivity index (χ3v) is 5.23. The minimum Gasteiger partial charge on any atom is -0.378 e. The number of nitrogens with one attached hydrogen (secondary N) is 2. The van der Waals surface area contributed by atoms with Gasteiger partial charge < -0.3 is 20.3 Å². The van der Waals surface area contributed by atoms with Gasteiger partial charge in [0.15, 0.2) is 0 Å². The highest BCUT2D eigenvalue weighted by atomic mass is 16.5. The molecule has 4 rings (SSSR count). The molecule has 0 aliphatic carbocycles. The van der Waals surface area contributed by atoms with Crippen molar-refractivity contribution in [2.45, 2.75) is 25.3 Å². The second-order valence-corrected chi connectivity index (χ2v) is 7.22. The molecule has 0 saturated carbocycles. The van der Waals surface area contributed by atoms with E-state index >= 15 is 0 Å². The number of rotatable bonds is 4. The third kappa shape index (κ3) is 4.24. The molecule has 2 aromatic rings. The topological polar surface area (TPSA) is 70.7 Å². The summed E-state index contributed by atoms with van der Waals surface area (Å²) >= 11 is 0. The highest BCUT2D eigenvalue weighted by molar-refractivity contribution is 5.96. The van der Waals surface area contributed by atoms with Crippen molar-refractivity contribution < 1.29 is 14.3 Å². The van der Waals surface area contributed by atoms with Crippen LogP contribution in [0.5, 0.6) is 0 Å². The molecule has 2 aliphatic heterocycles. The molecule has 1 saturated heterocycles. The van der Waals surface area contributed by atoms with Crippen LogP contribution in [-0.2, 0) is 27.2 Å². The Morgan fingerprint density at radius 3 is 2.75 bits per heavy atom. The third-order valence-electron chi connectivity index (χ3n) is 5.23. The molecule has 0 spiro atoms. The van der Waals surface area contributed by atoms with E-state index in [1.807, 2.05) is 47.4 Å². The summed E-state index contributed by atoms with van der Waals surface area (Å²) in [5.41, 5.74) is 3.92. The molecule has 6 nitrogen and oxygen atoms in total. The maximum atomic E-state index is 12.8. The van der Waals surface area contributed by atoms with Crippen LogP contribution in [0.15, 0.2) is 48.5 Å². The molecule has 146 valence electrons. The maximum Gasteiger partial charge on any atom is 0.243 e. The molecule has 1 atom stereocenters. The van der Waals surface area contributed by atoms with Crippen LogP contribution in [0.25, 0.3) is 0 Å². The van der Waals surface area contributed by atoms with Crippen molar-refractivity contribution >= 4 is 23.2 Å². The van der Waals surface area contributed by atoms with Gasteiger partial charge in [-0.15, -0.1) is 0 Å². The Kier molecular flexibility index (Phi) is 5.69. The van der Waals surface area contributed by atoms with Gasteiger partial charge >= 0.3 is 0 Å². The van der Waals surface area contributed by atoms with Crippen molar-refractivity contribution in [3.8, 4) is 0 Å². The number of aryl methyl sites for hydroxylation is 1. The molecule has 1 fully saturated rings. The second kappa shape index (κ2) is 8.54. The van der Waals surface area contributed by atoms with E-state index in [1.54, 1.807) is 0 Å². The fourth-order valence-electron chi connectivity index (χ4n) is 3.73. The van der Waals surface area contributed by atoms with Crippen LogP contribution in [0.1, 0.15) is 17.5 Å². The molecule has 2 N–H and O–H groups in total. The number of carbonyl (C=O) groups is 2. The van der Waals surface area contributed by atoms with Crippen LogP contribution in [0.2, 0.25) is 0 Å². The first-order valence-electron chi connectivity index (χ1n) is 9.80.